The summed E-state index contributed by atoms with van der Waals surface area (Å²) in [4.78, 5) is 14.7. The monoisotopic (exact) mass is 353 g/mol. The molecule has 2 aromatic heterocycles. The minimum Gasteiger partial charge on any atom is -0.497 e. The lowest BCUT2D eigenvalue weighted by atomic mass is 10.1. The van der Waals surface area contributed by atoms with Gasteiger partial charge >= 0.3 is 0 Å². The smallest absolute Gasteiger partial charge is 0.293 e. The molecule has 0 bridgehead atoms. The SMILES string of the molecule is COc1cccc(-c2cc(C(=O)N3CCC[C@@H]3c3cc(C)no3)on2)c1. The number of amides is 1. The molecule has 1 amide bonds. The highest BCUT2D eigenvalue weighted by Gasteiger charge is 2.34. The van der Waals surface area contributed by atoms with Crippen LogP contribution < -0.4 is 4.74 Å². The van der Waals surface area contributed by atoms with Crippen LogP contribution in [-0.4, -0.2) is 34.8 Å². The molecule has 1 fully saturated rings. The first-order valence-corrected chi connectivity index (χ1v) is 8.51. The van der Waals surface area contributed by atoms with E-state index in [1.807, 2.05) is 37.3 Å². The highest BCUT2D eigenvalue weighted by Crippen LogP contribution is 2.34. The molecular formula is C19H19N3O4. The van der Waals surface area contributed by atoms with Crippen LogP contribution in [-0.2, 0) is 0 Å². The van der Waals surface area contributed by atoms with Crippen molar-refractivity contribution >= 4 is 5.91 Å². The van der Waals surface area contributed by atoms with Gasteiger partial charge in [0.2, 0.25) is 5.76 Å². The second kappa shape index (κ2) is 6.67. The summed E-state index contributed by atoms with van der Waals surface area (Å²) in [7, 11) is 1.61. The number of carbonyl (C=O) groups excluding carboxylic acids is 1. The van der Waals surface area contributed by atoms with Gasteiger partial charge in [0.05, 0.1) is 18.8 Å². The van der Waals surface area contributed by atoms with Crippen molar-refractivity contribution in [2.45, 2.75) is 25.8 Å². The van der Waals surface area contributed by atoms with Crippen molar-refractivity contribution in [3.8, 4) is 17.0 Å². The number of hydrogen-bond acceptors (Lipinski definition) is 6. The number of carbonyl (C=O) groups is 1. The van der Waals surface area contributed by atoms with E-state index in [0.29, 0.717) is 18.0 Å². The molecule has 1 aliphatic rings. The Bertz CT molecular complexity index is 930. The second-order valence-corrected chi connectivity index (χ2v) is 6.34. The van der Waals surface area contributed by atoms with Crippen molar-refractivity contribution in [2.75, 3.05) is 13.7 Å². The summed E-state index contributed by atoms with van der Waals surface area (Å²) in [6.45, 7) is 2.52. The van der Waals surface area contributed by atoms with Crippen molar-refractivity contribution < 1.29 is 18.6 Å². The topological polar surface area (TPSA) is 81.6 Å². The Kier molecular flexibility index (Phi) is 4.20. The lowest BCUT2D eigenvalue weighted by Gasteiger charge is -2.20. The summed E-state index contributed by atoms with van der Waals surface area (Å²) < 4.78 is 15.9. The van der Waals surface area contributed by atoms with Crippen LogP contribution in [0.25, 0.3) is 11.3 Å². The minimum atomic E-state index is -0.191. The maximum Gasteiger partial charge on any atom is 0.293 e. The molecule has 3 heterocycles. The van der Waals surface area contributed by atoms with Crippen molar-refractivity contribution in [3.05, 3.63) is 53.6 Å². The highest BCUT2D eigenvalue weighted by atomic mass is 16.5. The van der Waals surface area contributed by atoms with E-state index in [1.54, 1.807) is 18.1 Å². The van der Waals surface area contributed by atoms with Gasteiger partial charge in [0.25, 0.3) is 5.91 Å². The molecule has 1 atom stereocenters. The van der Waals surface area contributed by atoms with Crippen molar-refractivity contribution in [3.63, 3.8) is 0 Å². The highest BCUT2D eigenvalue weighted by molar-refractivity contribution is 5.93. The normalized spacial score (nSPS) is 16.8. The Morgan fingerprint density at radius 3 is 2.88 bits per heavy atom. The molecular weight excluding hydrogens is 334 g/mol. The van der Waals surface area contributed by atoms with Gasteiger partial charge in [-0.15, -0.1) is 0 Å². The van der Waals surface area contributed by atoms with Gasteiger partial charge in [-0.3, -0.25) is 4.79 Å². The third-order valence-electron chi connectivity index (χ3n) is 4.57. The van der Waals surface area contributed by atoms with E-state index >= 15 is 0 Å². The van der Waals surface area contributed by atoms with Gasteiger partial charge in [-0.2, -0.15) is 0 Å². The first-order chi connectivity index (χ1) is 12.7. The molecule has 7 heteroatoms. The Morgan fingerprint density at radius 2 is 2.12 bits per heavy atom. The molecule has 3 aromatic rings. The van der Waals surface area contributed by atoms with Crippen LogP contribution in [0.3, 0.4) is 0 Å². The van der Waals surface area contributed by atoms with Gasteiger partial charge in [-0.05, 0) is 31.9 Å². The number of rotatable bonds is 4. The fourth-order valence-corrected chi connectivity index (χ4v) is 3.28. The summed E-state index contributed by atoms with van der Waals surface area (Å²) in [6, 6.07) is 10.9. The molecule has 1 aliphatic heterocycles. The number of benzene rings is 1. The van der Waals surface area contributed by atoms with Crippen molar-refractivity contribution in [2.24, 2.45) is 0 Å². The second-order valence-electron chi connectivity index (χ2n) is 6.34. The summed E-state index contributed by atoms with van der Waals surface area (Å²) in [6.07, 6.45) is 1.75. The molecule has 0 saturated carbocycles. The van der Waals surface area contributed by atoms with Gasteiger partial charge in [-0.25, -0.2) is 0 Å². The number of hydrogen-bond donors (Lipinski definition) is 0. The lowest BCUT2D eigenvalue weighted by molar-refractivity contribution is 0.0672. The molecule has 0 spiro atoms. The van der Waals surface area contributed by atoms with Crippen molar-refractivity contribution in [1.29, 1.82) is 0 Å². The molecule has 1 saturated heterocycles. The van der Waals surface area contributed by atoms with Crippen LogP contribution in [0.15, 0.2) is 45.4 Å². The predicted octanol–water partition coefficient (Wildman–Crippen LogP) is 3.62. The van der Waals surface area contributed by atoms with Crippen LogP contribution in [0.4, 0.5) is 0 Å². The van der Waals surface area contributed by atoms with Gasteiger partial charge in [0.1, 0.15) is 11.4 Å². The van der Waals surface area contributed by atoms with E-state index in [9.17, 15) is 4.79 Å². The zero-order valence-corrected chi connectivity index (χ0v) is 14.6. The first-order valence-electron chi connectivity index (χ1n) is 8.51. The maximum atomic E-state index is 12.9. The van der Waals surface area contributed by atoms with Crippen LogP contribution in [0.5, 0.6) is 5.75 Å². The zero-order valence-electron chi connectivity index (χ0n) is 14.6. The molecule has 4 rings (SSSR count). The third-order valence-corrected chi connectivity index (χ3v) is 4.57. The molecule has 7 nitrogen and oxygen atoms in total. The van der Waals surface area contributed by atoms with Gasteiger partial charge in [-0.1, -0.05) is 22.4 Å². The first kappa shape index (κ1) is 16.4. The number of aryl methyl sites for hydroxylation is 1. The van der Waals surface area contributed by atoms with E-state index in [-0.39, 0.29) is 17.7 Å². The number of ether oxygens (including phenoxy) is 1. The van der Waals surface area contributed by atoms with E-state index in [1.165, 1.54) is 0 Å². The van der Waals surface area contributed by atoms with Crippen LogP contribution in [0, 0.1) is 6.92 Å². The average molecular weight is 353 g/mol. The Labute approximate surface area is 150 Å². The Hall–Kier alpha value is -3.09. The van der Waals surface area contributed by atoms with E-state index in [4.69, 9.17) is 13.8 Å². The van der Waals surface area contributed by atoms with Gasteiger partial charge in [0, 0.05) is 24.2 Å². The molecule has 0 radical (unpaired) electrons. The van der Waals surface area contributed by atoms with Crippen LogP contribution in [0.2, 0.25) is 0 Å². The van der Waals surface area contributed by atoms with E-state index in [0.717, 1.165) is 29.8 Å². The third kappa shape index (κ3) is 2.96. The Balaban J connectivity index is 1.57. The van der Waals surface area contributed by atoms with Gasteiger partial charge in [0.15, 0.2) is 5.76 Å². The van der Waals surface area contributed by atoms with Gasteiger partial charge < -0.3 is 18.7 Å². The molecule has 26 heavy (non-hydrogen) atoms. The average Bonchev–Trinajstić information content (AvgIpc) is 3.41. The van der Waals surface area contributed by atoms with Crippen molar-refractivity contribution in [1.82, 2.24) is 15.2 Å². The molecule has 1 aromatic carbocycles. The maximum absolute atomic E-state index is 12.9. The fraction of sp³-hybridized carbons (Fsp3) is 0.316. The fourth-order valence-electron chi connectivity index (χ4n) is 3.28. The quantitative estimate of drug-likeness (QED) is 0.712. The standard InChI is InChI=1S/C19H19N3O4/c1-12-9-17(25-20-12)16-7-4-8-22(16)19(23)18-11-15(21-26-18)13-5-3-6-14(10-13)24-2/h3,5-6,9-11,16H,4,7-8H2,1-2H3/t16-/m1/s1. The Morgan fingerprint density at radius 1 is 1.23 bits per heavy atom. The van der Waals surface area contributed by atoms with E-state index in [2.05, 4.69) is 10.3 Å². The summed E-state index contributed by atoms with van der Waals surface area (Å²) >= 11 is 0. The molecule has 0 unspecified atom stereocenters. The zero-order chi connectivity index (χ0) is 18.1. The number of likely N-dealkylation sites (tertiary alicyclic amines) is 1. The largest absolute Gasteiger partial charge is 0.497 e. The lowest BCUT2D eigenvalue weighted by Crippen LogP contribution is -2.30. The minimum absolute atomic E-state index is 0.117. The number of nitrogens with zero attached hydrogens (tertiary/aromatic N) is 3. The summed E-state index contributed by atoms with van der Waals surface area (Å²) in [5.41, 5.74) is 2.23. The number of aromatic nitrogens is 2. The summed E-state index contributed by atoms with van der Waals surface area (Å²) in [5, 5.41) is 7.97. The summed E-state index contributed by atoms with van der Waals surface area (Å²) in [5.74, 6) is 1.45. The molecule has 0 N–H and O–H groups in total. The molecule has 134 valence electrons. The predicted molar refractivity (Wildman–Crippen MR) is 92.7 cm³/mol. The van der Waals surface area contributed by atoms with Crippen LogP contribution >= 0.6 is 0 Å². The van der Waals surface area contributed by atoms with Crippen LogP contribution in [0.1, 0.15) is 40.9 Å². The number of methoxy groups -OCH3 is 1. The van der Waals surface area contributed by atoms with E-state index < -0.39 is 0 Å². The molecule has 0 aliphatic carbocycles.